The molecule has 182 valence electrons. The highest BCUT2D eigenvalue weighted by atomic mass is 16.4. The molecule has 0 spiro atoms. The molecule has 0 amide bonds. The van der Waals surface area contributed by atoms with Crippen LogP contribution in [-0.4, -0.2) is 49.1 Å². The van der Waals surface area contributed by atoms with Crippen LogP contribution in [0.25, 0.3) is 11.5 Å². The summed E-state index contributed by atoms with van der Waals surface area (Å²) in [6.45, 7) is 3.32. The number of benzene rings is 1. The number of aliphatic carboxylic acids is 1. The van der Waals surface area contributed by atoms with Crippen molar-refractivity contribution in [2.45, 2.75) is 19.8 Å². The number of anilines is 5. The zero-order valence-corrected chi connectivity index (χ0v) is 19.8. The van der Waals surface area contributed by atoms with Crippen LogP contribution in [-0.2, 0) is 4.79 Å². The Hall–Kier alpha value is -4.60. The van der Waals surface area contributed by atoms with Gasteiger partial charge in [0.25, 0.3) is 0 Å². The van der Waals surface area contributed by atoms with Gasteiger partial charge in [-0.1, -0.05) is 6.07 Å². The van der Waals surface area contributed by atoms with Crippen molar-refractivity contribution in [2.75, 3.05) is 28.6 Å². The third-order valence-electron chi connectivity index (χ3n) is 5.94. The van der Waals surface area contributed by atoms with Crippen LogP contribution >= 0.6 is 0 Å². The molecular weight excluding hydrogens is 456 g/mol. The van der Waals surface area contributed by atoms with Gasteiger partial charge in [-0.3, -0.25) is 4.79 Å². The van der Waals surface area contributed by atoms with Gasteiger partial charge in [0, 0.05) is 42.6 Å². The van der Waals surface area contributed by atoms with Crippen molar-refractivity contribution in [3.05, 3.63) is 72.7 Å². The maximum absolute atomic E-state index is 11.4. The van der Waals surface area contributed by atoms with Gasteiger partial charge in [-0.2, -0.15) is 4.98 Å². The van der Waals surface area contributed by atoms with E-state index in [1.54, 1.807) is 24.5 Å². The van der Waals surface area contributed by atoms with E-state index in [0.717, 1.165) is 36.5 Å². The summed E-state index contributed by atoms with van der Waals surface area (Å²) < 4.78 is 0. The molecule has 3 aromatic heterocycles. The Morgan fingerprint density at radius 1 is 0.944 bits per heavy atom. The zero-order valence-electron chi connectivity index (χ0n) is 19.8. The van der Waals surface area contributed by atoms with Gasteiger partial charge in [-0.15, -0.1) is 0 Å². The molecule has 0 bridgehead atoms. The standard InChI is InChI=1S/C26H26N8O2/c1-17-4-2-6-21(29-17)24-27-13-11-22(32-24)31-23-12-14-28-26(33-23)30-19-7-9-20(10-8-19)34-15-3-5-18(16-34)25(35)36/h2,4,6-14,18H,3,5,15-16H2,1H3,(H,35,36)(H2,27,28,30,31,32,33). The summed E-state index contributed by atoms with van der Waals surface area (Å²) in [5.74, 6) is 1.09. The van der Waals surface area contributed by atoms with E-state index in [-0.39, 0.29) is 5.92 Å². The molecule has 4 aromatic rings. The smallest absolute Gasteiger partial charge is 0.308 e. The van der Waals surface area contributed by atoms with E-state index >= 15 is 0 Å². The maximum atomic E-state index is 11.4. The Balaban J connectivity index is 1.25. The molecule has 1 fully saturated rings. The largest absolute Gasteiger partial charge is 0.481 e. The number of hydrogen-bond donors (Lipinski definition) is 3. The normalized spacial score (nSPS) is 15.4. The molecule has 5 rings (SSSR count). The Kier molecular flexibility index (Phi) is 6.65. The first-order valence-electron chi connectivity index (χ1n) is 11.8. The topological polar surface area (TPSA) is 129 Å². The molecule has 1 saturated heterocycles. The van der Waals surface area contributed by atoms with E-state index in [0.29, 0.717) is 35.6 Å². The summed E-state index contributed by atoms with van der Waals surface area (Å²) >= 11 is 0. The quantitative estimate of drug-likeness (QED) is 0.348. The third kappa shape index (κ3) is 5.54. The van der Waals surface area contributed by atoms with Crippen LogP contribution in [0, 0.1) is 12.8 Å². The molecule has 10 heteroatoms. The maximum Gasteiger partial charge on any atom is 0.308 e. The Morgan fingerprint density at radius 2 is 1.72 bits per heavy atom. The molecule has 1 unspecified atom stereocenters. The number of carboxylic acids is 1. The van der Waals surface area contributed by atoms with Crippen molar-refractivity contribution >= 4 is 34.9 Å². The summed E-state index contributed by atoms with van der Waals surface area (Å²) in [6, 6.07) is 17.1. The number of aryl methyl sites for hydroxylation is 1. The summed E-state index contributed by atoms with van der Waals surface area (Å²) in [4.78, 5) is 35.7. The summed E-state index contributed by atoms with van der Waals surface area (Å²) in [7, 11) is 0. The van der Waals surface area contributed by atoms with Crippen LogP contribution < -0.4 is 15.5 Å². The second-order valence-corrected chi connectivity index (χ2v) is 8.62. The molecule has 1 aliphatic rings. The van der Waals surface area contributed by atoms with Gasteiger partial charge >= 0.3 is 5.97 Å². The van der Waals surface area contributed by atoms with Crippen molar-refractivity contribution in [1.29, 1.82) is 0 Å². The molecule has 3 N–H and O–H groups in total. The Labute approximate surface area is 208 Å². The van der Waals surface area contributed by atoms with E-state index in [9.17, 15) is 9.90 Å². The number of carbonyl (C=O) groups is 1. The van der Waals surface area contributed by atoms with Gasteiger partial charge < -0.3 is 20.6 Å². The van der Waals surface area contributed by atoms with Crippen LogP contribution in [0.2, 0.25) is 0 Å². The summed E-state index contributed by atoms with van der Waals surface area (Å²) in [5, 5.41) is 15.7. The number of rotatable bonds is 7. The number of carboxylic acid groups (broad SMARTS) is 1. The summed E-state index contributed by atoms with van der Waals surface area (Å²) in [5.41, 5.74) is 3.44. The average Bonchev–Trinajstić information content (AvgIpc) is 2.90. The fourth-order valence-corrected chi connectivity index (χ4v) is 4.14. The van der Waals surface area contributed by atoms with E-state index in [1.165, 1.54) is 0 Å². The van der Waals surface area contributed by atoms with Crippen molar-refractivity contribution in [3.63, 3.8) is 0 Å². The molecule has 1 aromatic carbocycles. The van der Waals surface area contributed by atoms with E-state index < -0.39 is 5.97 Å². The van der Waals surface area contributed by atoms with E-state index in [2.05, 4.69) is 40.5 Å². The number of pyridine rings is 1. The minimum absolute atomic E-state index is 0.320. The zero-order chi connectivity index (χ0) is 24.9. The van der Waals surface area contributed by atoms with Gasteiger partial charge in [0.05, 0.1) is 5.92 Å². The number of nitrogens with zero attached hydrogens (tertiary/aromatic N) is 6. The number of piperidine rings is 1. The molecule has 1 aliphatic heterocycles. The lowest BCUT2D eigenvalue weighted by molar-refractivity contribution is -0.141. The second-order valence-electron chi connectivity index (χ2n) is 8.62. The predicted octanol–water partition coefficient (Wildman–Crippen LogP) is 4.43. The van der Waals surface area contributed by atoms with E-state index in [4.69, 9.17) is 0 Å². The third-order valence-corrected chi connectivity index (χ3v) is 5.94. The first kappa shape index (κ1) is 23.2. The predicted molar refractivity (Wildman–Crippen MR) is 138 cm³/mol. The Morgan fingerprint density at radius 3 is 2.50 bits per heavy atom. The Bertz CT molecular complexity index is 1360. The van der Waals surface area contributed by atoms with Crippen molar-refractivity contribution < 1.29 is 9.90 Å². The lowest BCUT2D eigenvalue weighted by Crippen LogP contribution is -2.38. The fourth-order valence-electron chi connectivity index (χ4n) is 4.14. The monoisotopic (exact) mass is 482 g/mol. The molecule has 1 atom stereocenters. The van der Waals surface area contributed by atoms with Crippen molar-refractivity contribution in [1.82, 2.24) is 24.9 Å². The molecule has 0 saturated carbocycles. The summed E-state index contributed by atoms with van der Waals surface area (Å²) in [6.07, 6.45) is 4.94. The fraction of sp³-hybridized carbons (Fsp3) is 0.231. The number of aromatic nitrogens is 5. The minimum Gasteiger partial charge on any atom is -0.481 e. The first-order chi connectivity index (χ1) is 17.5. The van der Waals surface area contributed by atoms with Gasteiger partial charge in [0.15, 0.2) is 5.82 Å². The minimum atomic E-state index is -0.728. The number of nitrogens with one attached hydrogen (secondary N) is 2. The van der Waals surface area contributed by atoms with Crippen molar-refractivity contribution in [3.8, 4) is 11.5 Å². The van der Waals surface area contributed by atoms with Crippen LogP contribution in [0.4, 0.5) is 29.0 Å². The van der Waals surface area contributed by atoms with E-state index in [1.807, 2.05) is 49.4 Å². The molecule has 4 heterocycles. The molecule has 0 aliphatic carbocycles. The number of hydrogen-bond acceptors (Lipinski definition) is 9. The van der Waals surface area contributed by atoms with Crippen LogP contribution in [0.1, 0.15) is 18.5 Å². The highest BCUT2D eigenvalue weighted by molar-refractivity contribution is 5.71. The highest BCUT2D eigenvalue weighted by Crippen LogP contribution is 2.26. The van der Waals surface area contributed by atoms with Crippen molar-refractivity contribution in [2.24, 2.45) is 5.92 Å². The van der Waals surface area contributed by atoms with Gasteiger partial charge in [0.2, 0.25) is 5.95 Å². The van der Waals surface area contributed by atoms with Gasteiger partial charge in [-0.25, -0.2) is 19.9 Å². The van der Waals surface area contributed by atoms with Crippen LogP contribution in [0.15, 0.2) is 67.0 Å². The van der Waals surface area contributed by atoms with Gasteiger partial charge in [0.1, 0.15) is 17.3 Å². The van der Waals surface area contributed by atoms with Gasteiger partial charge in [-0.05, 0) is 68.3 Å². The average molecular weight is 483 g/mol. The highest BCUT2D eigenvalue weighted by Gasteiger charge is 2.25. The van der Waals surface area contributed by atoms with Crippen LogP contribution in [0.3, 0.4) is 0 Å². The molecule has 36 heavy (non-hydrogen) atoms. The first-order valence-corrected chi connectivity index (χ1v) is 11.8. The molecule has 0 radical (unpaired) electrons. The lowest BCUT2D eigenvalue weighted by atomic mass is 9.98. The lowest BCUT2D eigenvalue weighted by Gasteiger charge is -2.32. The molecule has 10 nitrogen and oxygen atoms in total. The SMILES string of the molecule is Cc1cccc(-c2nccc(Nc3ccnc(Nc4ccc(N5CCCC(C(=O)O)C5)cc4)n3)n2)n1. The molecular formula is C26H26N8O2. The second kappa shape index (κ2) is 10.3. The van der Waals surface area contributed by atoms with Crippen LogP contribution in [0.5, 0.6) is 0 Å².